The van der Waals surface area contributed by atoms with Crippen LogP contribution in [0.1, 0.15) is 19.4 Å². The third-order valence-corrected chi connectivity index (χ3v) is 3.94. The van der Waals surface area contributed by atoms with Crippen molar-refractivity contribution in [3.8, 4) is 0 Å². The van der Waals surface area contributed by atoms with Crippen LogP contribution in [0.2, 0.25) is 0 Å². The number of hydrogen-bond acceptors (Lipinski definition) is 4. The maximum atomic E-state index is 11.2. The van der Waals surface area contributed by atoms with Crippen molar-refractivity contribution in [2.75, 3.05) is 32.8 Å². The summed E-state index contributed by atoms with van der Waals surface area (Å²) < 4.78 is 27.6. The third kappa shape index (κ3) is 9.40. The molecule has 0 amide bonds. The van der Waals surface area contributed by atoms with E-state index in [1.807, 2.05) is 13.8 Å². The fraction of sp³-hybridized carbons (Fsp3) is 0.533. The molecule has 0 aliphatic heterocycles. The van der Waals surface area contributed by atoms with E-state index in [1.165, 1.54) is 12.1 Å². The predicted octanol–water partition coefficient (Wildman–Crippen LogP) is 1.09. The van der Waals surface area contributed by atoms with Crippen LogP contribution in [0.25, 0.3) is 0 Å². The van der Waals surface area contributed by atoms with E-state index >= 15 is 0 Å². The molecule has 0 aromatic heterocycles. The molecule has 1 rings (SSSR count). The maximum absolute atomic E-state index is 11.2. The number of hydrogen-bond donors (Lipinski definition) is 3. The SMILES string of the molecule is CCNC(=NCCOCC)NCCc1ccc(S(N)(=O)=O)cc1.I. The molecule has 0 spiro atoms. The van der Waals surface area contributed by atoms with E-state index in [0.29, 0.717) is 26.3 Å². The van der Waals surface area contributed by atoms with Crippen LogP contribution in [-0.2, 0) is 21.2 Å². The van der Waals surface area contributed by atoms with Gasteiger partial charge in [0.15, 0.2) is 5.96 Å². The fourth-order valence-electron chi connectivity index (χ4n) is 1.88. The van der Waals surface area contributed by atoms with Gasteiger partial charge in [0.25, 0.3) is 0 Å². The van der Waals surface area contributed by atoms with Crippen molar-refractivity contribution in [2.24, 2.45) is 10.1 Å². The van der Waals surface area contributed by atoms with Crippen molar-refractivity contribution in [3.05, 3.63) is 29.8 Å². The van der Waals surface area contributed by atoms with Gasteiger partial charge in [-0.05, 0) is 38.0 Å². The zero-order chi connectivity index (χ0) is 17.1. The summed E-state index contributed by atoms with van der Waals surface area (Å²) in [6.45, 7) is 7.32. The zero-order valence-electron chi connectivity index (χ0n) is 14.1. The Morgan fingerprint density at radius 2 is 1.88 bits per heavy atom. The molecule has 0 aliphatic carbocycles. The molecule has 0 saturated carbocycles. The molecule has 7 nitrogen and oxygen atoms in total. The van der Waals surface area contributed by atoms with E-state index in [0.717, 1.165) is 24.5 Å². The Hall–Kier alpha value is -0.910. The molecule has 0 heterocycles. The number of benzene rings is 1. The van der Waals surface area contributed by atoms with Crippen molar-refractivity contribution in [1.82, 2.24) is 10.6 Å². The van der Waals surface area contributed by atoms with Crippen molar-refractivity contribution < 1.29 is 13.2 Å². The number of ether oxygens (including phenoxy) is 1. The minimum absolute atomic E-state index is 0. The predicted molar refractivity (Wildman–Crippen MR) is 107 cm³/mol. The molecular weight excluding hydrogens is 443 g/mol. The van der Waals surface area contributed by atoms with Gasteiger partial charge in [0.1, 0.15) is 0 Å². The van der Waals surface area contributed by atoms with Crippen molar-refractivity contribution in [2.45, 2.75) is 25.2 Å². The van der Waals surface area contributed by atoms with Crippen molar-refractivity contribution in [3.63, 3.8) is 0 Å². The van der Waals surface area contributed by atoms with Crippen LogP contribution in [-0.4, -0.2) is 47.2 Å². The number of nitrogens with two attached hydrogens (primary N) is 1. The summed E-state index contributed by atoms with van der Waals surface area (Å²) in [5.41, 5.74) is 1.02. The van der Waals surface area contributed by atoms with Crippen LogP contribution in [0.3, 0.4) is 0 Å². The monoisotopic (exact) mass is 470 g/mol. The van der Waals surface area contributed by atoms with E-state index in [4.69, 9.17) is 9.88 Å². The highest BCUT2D eigenvalue weighted by molar-refractivity contribution is 14.0. The van der Waals surface area contributed by atoms with Crippen LogP contribution >= 0.6 is 24.0 Å². The highest BCUT2D eigenvalue weighted by Gasteiger charge is 2.06. The van der Waals surface area contributed by atoms with Gasteiger partial charge >= 0.3 is 0 Å². The van der Waals surface area contributed by atoms with Gasteiger partial charge in [-0.2, -0.15) is 0 Å². The lowest BCUT2D eigenvalue weighted by Gasteiger charge is -2.11. The highest BCUT2D eigenvalue weighted by atomic mass is 127. The van der Waals surface area contributed by atoms with Crippen LogP contribution in [0.5, 0.6) is 0 Å². The summed E-state index contributed by atoms with van der Waals surface area (Å²) in [5, 5.41) is 11.5. The van der Waals surface area contributed by atoms with E-state index in [1.54, 1.807) is 12.1 Å². The lowest BCUT2D eigenvalue weighted by Crippen LogP contribution is -2.38. The highest BCUT2D eigenvalue weighted by Crippen LogP contribution is 2.08. The molecule has 1 aromatic rings. The second kappa shape index (κ2) is 12.5. The number of halogens is 1. The number of nitrogens with zero attached hydrogens (tertiary/aromatic N) is 1. The van der Waals surface area contributed by atoms with Crippen LogP contribution in [0.4, 0.5) is 0 Å². The Morgan fingerprint density at radius 3 is 2.42 bits per heavy atom. The Morgan fingerprint density at radius 1 is 1.21 bits per heavy atom. The Balaban J connectivity index is 0.00000529. The van der Waals surface area contributed by atoms with Gasteiger partial charge in [-0.15, -0.1) is 24.0 Å². The smallest absolute Gasteiger partial charge is 0.238 e. The van der Waals surface area contributed by atoms with E-state index in [-0.39, 0.29) is 28.9 Å². The minimum atomic E-state index is -3.63. The van der Waals surface area contributed by atoms with E-state index < -0.39 is 10.0 Å². The molecule has 0 fully saturated rings. The molecule has 0 atom stereocenters. The zero-order valence-corrected chi connectivity index (χ0v) is 17.3. The average molecular weight is 470 g/mol. The Kier molecular flexibility index (Phi) is 12.0. The standard InChI is InChI=1S/C15H26N4O3S.HI/c1-3-17-15(19-11-12-22-4-2)18-10-9-13-5-7-14(8-6-13)23(16,20)21;/h5-8H,3-4,9-12H2,1-2H3,(H2,16,20,21)(H2,17,18,19);1H. The van der Waals surface area contributed by atoms with Gasteiger partial charge in [-0.1, -0.05) is 12.1 Å². The fourth-order valence-corrected chi connectivity index (χ4v) is 2.39. The van der Waals surface area contributed by atoms with Crippen LogP contribution in [0.15, 0.2) is 34.2 Å². The lowest BCUT2D eigenvalue weighted by atomic mass is 10.1. The summed E-state index contributed by atoms with van der Waals surface area (Å²) in [4.78, 5) is 4.53. The topological polar surface area (TPSA) is 106 Å². The van der Waals surface area contributed by atoms with Gasteiger partial charge < -0.3 is 15.4 Å². The minimum Gasteiger partial charge on any atom is -0.380 e. The second-order valence-corrected chi connectivity index (χ2v) is 6.38. The second-order valence-electron chi connectivity index (χ2n) is 4.82. The van der Waals surface area contributed by atoms with E-state index in [9.17, 15) is 8.42 Å². The molecule has 1 aromatic carbocycles. The average Bonchev–Trinajstić information content (AvgIpc) is 2.51. The normalized spacial score (nSPS) is 11.7. The maximum Gasteiger partial charge on any atom is 0.238 e. The number of sulfonamides is 1. The molecule has 9 heteroatoms. The summed E-state index contributed by atoms with van der Waals surface area (Å²) >= 11 is 0. The first-order valence-corrected chi connectivity index (χ1v) is 9.23. The summed E-state index contributed by atoms with van der Waals surface area (Å²) in [7, 11) is -3.63. The van der Waals surface area contributed by atoms with Gasteiger partial charge in [-0.3, -0.25) is 4.99 Å². The van der Waals surface area contributed by atoms with Gasteiger partial charge in [0, 0.05) is 19.7 Å². The first kappa shape index (κ1) is 23.1. The number of primary sulfonamides is 1. The summed E-state index contributed by atoms with van der Waals surface area (Å²) in [6.07, 6.45) is 0.751. The van der Waals surface area contributed by atoms with Crippen LogP contribution < -0.4 is 15.8 Å². The lowest BCUT2D eigenvalue weighted by molar-refractivity contribution is 0.155. The largest absolute Gasteiger partial charge is 0.380 e. The molecule has 0 radical (unpaired) electrons. The number of guanidine groups is 1. The van der Waals surface area contributed by atoms with E-state index in [2.05, 4.69) is 15.6 Å². The summed E-state index contributed by atoms with van der Waals surface area (Å²) in [5.74, 6) is 0.744. The number of nitrogens with one attached hydrogen (secondary N) is 2. The van der Waals surface area contributed by atoms with Gasteiger partial charge in [0.05, 0.1) is 18.0 Å². The Labute approximate surface area is 161 Å². The molecular formula is C15H27IN4O3S. The quantitative estimate of drug-likeness (QED) is 0.217. The van der Waals surface area contributed by atoms with Crippen molar-refractivity contribution >= 4 is 40.0 Å². The number of rotatable bonds is 9. The molecule has 0 unspecified atom stereocenters. The van der Waals surface area contributed by atoms with Crippen molar-refractivity contribution in [1.29, 1.82) is 0 Å². The molecule has 0 bridgehead atoms. The van der Waals surface area contributed by atoms with Gasteiger partial charge in [-0.25, -0.2) is 13.6 Å². The first-order chi connectivity index (χ1) is 11.0. The summed E-state index contributed by atoms with van der Waals surface area (Å²) in [6, 6.07) is 6.57. The molecule has 24 heavy (non-hydrogen) atoms. The van der Waals surface area contributed by atoms with Gasteiger partial charge in [0.2, 0.25) is 10.0 Å². The molecule has 138 valence electrons. The molecule has 4 N–H and O–H groups in total. The molecule has 0 saturated heterocycles. The Bertz CT molecular complexity index is 591. The number of aliphatic imine (C=N–C) groups is 1. The van der Waals surface area contributed by atoms with Crippen LogP contribution in [0, 0.1) is 0 Å². The first-order valence-electron chi connectivity index (χ1n) is 7.69. The molecule has 0 aliphatic rings. The third-order valence-electron chi connectivity index (χ3n) is 3.01.